The Hall–Kier alpha value is -1.84. The van der Waals surface area contributed by atoms with E-state index in [0.29, 0.717) is 17.8 Å². The summed E-state index contributed by atoms with van der Waals surface area (Å²) in [6.07, 6.45) is 5.44. The van der Waals surface area contributed by atoms with Crippen LogP contribution < -0.4 is 4.57 Å². The number of carbonyl (C=O) groups excluding carboxylic acids is 1. The second kappa shape index (κ2) is 6.96. The van der Waals surface area contributed by atoms with Gasteiger partial charge in [-0.3, -0.25) is 0 Å². The van der Waals surface area contributed by atoms with Gasteiger partial charge in [0.05, 0.1) is 7.05 Å². The van der Waals surface area contributed by atoms with E-state index in [2.05, 4.69) is 26.8 Å². The SMILES string of the molecule is CC1CCC(C(C)C)C(OC(=O)Cn2c[n+](C)c3ccccc32)C1. The molecule has 3 unspecified atom stereocenters. The van der Waals surface area contributed by atoms with Crippen LogP contribution in [0.4, 0.5) is 0 Å². The zero-order valence-electron chi connectivity index (χ0n) is 15.2. The number of hydrogen-bond acceptors (Lipinski definition) is 2. The fraction of sp³-hybridized carbons (Fsp3) is 0.600. The van der Waals surface area contributed by atoms with Crippen LogP contribution in [0.25, 0.3) is 11.0 Å². The third-order valence-electron chi connectivity index (χ3n) is 5.43. The van der Waals surface area contributed by atoms with Crippen LogP contribution in [0.2, 0.25) is 0 Å². The number of carbonyl (C=O) groups is 1. The third-order valence-corrected chi connectivity index (χ3v) is 5.43. The van der Waals surface area contributed by atoms with Crippen molar-refractivity contribution in [3.8, 4) is 0 Å². The normalized spacial score (nSPS) is 24.5. The molecule has 3 atom stereocenters. The molecule has 0 aliphatic heterocycles. The number of aryl methyl sites for hydroxylation is 1. The summed E-state index contributed by atoms with van der Waals surface area (Å²) in [5.74, 6) is 1.56. The van der Waals surface area contributed by atoms with Crippen LogP contribution in [-0.2, 0) is 23.1 Å². The van der Waals surface area contributed by atoms with Crippen LogP contribution in [-0.4, -0.2) is 16.6 Å². The highest BCUT2D eigenvalue weighted by Crippen LogP contribution is 2.35. The van der Waals surface area contributed by atoms with Crippen molar-refractivity contribution in [2.75, 3.05) is 0 Å². The Morgan fingerprint density at radius 1 is 1.33 bits per heavy atom. The maximum Gasteiger partial charge on any atom is 0.348 e. The van der Waals surface area contributed by atoms with Crippen LogP contribution >= 0.6 is 0 Å². The minimum atomic E-state index is -0.124. The summed E-state index contributed by atoms with van der Waals surface area (Å²) in [5.41, 5.74) is 2.19. The van der Waals surface area contributed by atoms with Crippen LogP contribution in [0.15, 0.2) is 30.6 Å². The first-order valence-corrected chi connectivity index (χ1v) is 9.08. The fourth-order valence-electron chi connectivity index (χ4n) is 4.06. The lowest BCUT2D eigenvalue weighted by molar-refractivity contribution is -0.645. The zero-order valence-corrected chi connectivity index (χ0v) is 15.2. The summed E-state index contributed by atoms with van der Waals surface area (Å²) < 4.78 is 9.95. The molecule has 3 rings (SSSR count). The Balaban J connectivity index is 1.72. The molecule has 1 aromatic heterocycles. The van der Waals surface area contributed by atoms with Crippen LogP contribution in [0.3, 0.4) is 0 Å². The van der Waals surface area contributed by atoms with E-state index in [-0.39, 0.29) is 18.6 Å². The molecule has 0 bridgehead atoms. The molecule has 1 aliphatic rings. The van der Waals surface area contributed by atoms with Crippen LogP contribution in [0, 0.1) is 17.8 Å². The smallest absolute Gasteiger partial charge is 0.348 e. The van der Waals surface area contributed by atoms with Gasteiger partial charge >= 0.3 is 5.97 Å². The number of esters is 1. The lowest BCUT2D eigenvalue weighted by Crippen LogP contribution is -2.36. The van der Waals surface area contributed by atoms with E-state index in [1.54, 1.807) is 0 Å². The van der Waals surface area contributed by atoms with Gasteiger partial charge in [0.25, 0.3) is 0 Å². The Morgan fingerprint density at radius 3 is 2.83 bits per heavy atom. The first kappa shape index (κ1) is 17.0. The number of hydrogen-bond donors (Lipinski definition) is 0. The summed E-state index contributed by atoms with van der Waals surface area (Å²) in [6.45, 7) is 7.01. The van der Waals surface area contributed by atoms with E-state index >= 15 is 0 Å². The molecule has 4 nitrogen and oxygen atoms in total. The lowest BCUT2D eigenvalue weighted by atomic mass is 9.75. The molecule has 1 heterocycles. The maximum atomic E-state index is 12.6. The van der Waals surface area contributed by atoms with Gasteiger partial charge in [-0.25, -0.2) is 13.9 Å². The van der Waals surface area contributed by atoms with E-state index in [0.717, 1.165) is 23.9 Å². The second-order valence-corrected chi connectivity index (χ2v) is 7.70. The molecule has 0 radical (unpaired) electrons. The Kier molecular flexibility index (Phi) is 4.93. The van der Waals surface area contributed by atoms with E-state index in [4.69, 9.17) is 4.74 Å². The summed E-state index contributed by atoms with van der Waals surface area (Å²) in [6, 6.07) is 8.13. The summed E-state index contributed by atoms with van der Waals surface area (Å²) >= 11 is 0. The standard InChI is InChI=1S/C20H29N2O2/c1-14(2)16-10-9-15(3)11-19(16)24-20(23)12-22-13-21(4)17-7-5-6-8-18(17)22/h5-8,13-16,19H,9-12H2,1-4H3/q+1. The van der Waals surface area contributed by atoms with Crippen molar-refractivity contribution in [1.29, 1.82) is 0 Å². The first-order valence-electron chi connectivity index (χ1n) is 9.08. The van der Waals surface area contributed by atoms with Crippen molar-refractivity contribution in [2.24, 2.45) is 24.8 Å². The predicted molar refractivity (Wildman–Crippen MR) is 94.3 cm³/mol. The number of nitrogens with zero attached hydrogens (tertiary/aromatic N) is 2. The maximum absolute atomic E-state index is 12.6. The van der Waals surface area contributed by atoms with Gasteiger partial charge < -0.3 is 4.74 Å². The molecule has 4 heteroatoms. The molecule has 1 saturated carbocycles. The van der Waals surface area contributed by atoms with Crippen molar-refractivity contribution in [2.45, 2.75) is 52.7 Å². The van der Waals surface area contributed by atoms with Gasteiger partial charge in [-0.05, 0) is 42.7 Å². The molecule has 0 saturated heterocycles. The number of ether oxygens (including phenoxy) is 1. The van der Waals surface area contributed by atoms with Crippen molar-refractivity contribution in [3.05, 3.63) is 30.6 Å². The predicted octanol–water partition coefficient (Wildman–Crippen LogP) is 3.47. The monoisotopic (exact) mass is 329 g/mol. The molecule has 0 amide bonds. The van der Waals surface area contributed by atoms with Crippen molar-refractivity contribution >= 4 is 17.0 Å². The number of para-hydroxylation sites is 2. The average Bonchev–Trinajstić information content (AvgIpc) is 2.83. The third kappa shape index (κ3) is 3.47. The first-order chi connectivity index (χ1) is 11.5. The van der Waals surface area contributed by atoms with Crippen molar-refractivity contribution < 1.29 is 14.1 Å². The average molecular weight is 329 g/mol. The minimum absolute atomic E-state index is 0.0665. The van der Waals surface area contributed by atoms with Gasteiger partial charge in [-0.15, -0.1) is 0 Å². The lowest BCUT2D eigenvalue weighted by Gasteiger charge is -2.36. The molecule has 1 aliphatic carbocycles. The Morgan fingerprint density at radius 2 is 2.08 bits per heavy atom. The minimum Gasteiger partial charge on any atom is -0.459 e. The van der Waals surface area contributed by atoms with E-state index in [9.17, 15) is 4.79 Å². The topological polar surface area (TPSA) is 35.1 Å². The van der Waals surface area contributed by atoms with E-state index in [1.807, 2.05) is 40.7 Å². The molecule has 0 N–H and O–H groups in total. The number of fused-ring (bicyclic) bond motifs is 1. The largest absolute Gasteiger partial charge is 0.459 e. The highest BCUT2D eigenvalue weighted by Gasteiger charge is 2.33. The van der Waals surface area contributed by atoms with Crippen LogP contribution in [0.5, 0.6) is 0 Å². The second-order valence-electron chi connectivity index (χ2n) is 7.70. The fourth-order valence-corrected chi connectivity index (χ4v) is 4.06. The van der Waals surface area contributed by atoms with Gasteiger partial charge in [-0.1, -0.05) is 39.3 Å². The van der Waals surface area contributed by atoms with Gasteiger partial charge in [0, 0.05) is 0 Å². The summed E-state index contributed by atoms with van der Waals surface area (Å²) in [7, 11) is 2.00. The van der Waals surface area contributed by atoms with Gasteiger partial charge in [0.1, 0.15) is 6.10 Å². The summed E-state index contributed by atoms with van der Waals surface area (Å²) in [4.78, 5) is 12.6. The number of imidazole rings is 1. The van der Waals surface area contributed by atoms with Crippen molar-refractivity contribution in [3.63, 3.8) is 0 Å². The summed E-state index contributed by atoms with van der Waals surface area (Å²) in [5, 5.41) is 0. The highest BCUT2D eigenvalue weighted by molar-refractivity contribution is 5.75. The van der Waals surface area contributed by atoms with Crippen LogP contribution in [0.1, 0.15) is 40.0 Å². The molecule has 1 fully saturated rings. The number of aromatic nitrogens is 2. The van der Waals surface area contributed by atoms with Crippen molar-refractivity contribution in [1.82, 2.24) is 4.57 Å². The number of rotatable bonds is 4. The molecule has 0 spiro atoms. The molecule has 24 heavy (non-hydrogen) atoms. The van der Waals surface area contributed by atoms with E-state index in [1.165, 1.54) is 6.42 Å². The quantitative estimate of drug-likeness (QED) is 0.636. The number of benzene rings is 1. The molecular formula is C20H29N2O2+. The van der Waals surface area contributed by atoms with Gasteiger partial charge in [-0.2, -0.15) is 0 Å². The highest BCUT2D eigenvalue weighted by atomic mass is 16.5. The zero-order chi connectivity index (χ0) is 17.3. The Bertz CT molecular complexity index is 719. The Labute approximate surface area is 144 Å². The molecule has 130 valence electrons. The molecule has 2 aromatic rings. The van der Waals surface area contributed by atoms with Gasteiger partial charge in [0.2, 0.25) is 6.33 Å². The molecular weight excluding hydrogens is 300 g/mol. The molecule has 1 aromatic carbocycles. The van der Waals surface area contributed by atoms with Gasteiger partial charge in [0.15, 0.2) is 17.6 Å². The van der Waals surface area contributed by atoms with E-state index < -0.39 is 0 Å².